The molecule has 0 aromatic carbocycles. The molecule has 1 aliphatic heterocycles. The average molecular weight is 334 g/mol. The van der Waals surface area contributed by atoms with Crippen LogP contribution in [0.25, 0.3) is 0 Å². The summed E-state index contributed by atoms with van der Waals surface area (Å²) in [6.45, 7) is 8.48. The second-order valence-electron chi connectivity index (χ2n) is 5.99. The molecule has 0 bridgehead atoms. The minimum atomic E-state index is -0.114. The predicted molar refractivity (Wildman–Crippen MR) is 85.5 cm³/mol. The summed E-state index contributed by atoms with van der Waals surface area (Å²) in [5, 5.41) is 10.9. The summed E-state index contributed by atoms with van der Waals surface area (Å²) in [6.07, 6.45) is -0.0133. The summed E-state index contributed by atoms with van der Waals surface area (Å²) in [5.74, 6) is 2.61. The number of aromatic nitrogens is 4. The van der Waals surface area contributed by atoms with Gasteiger partial charge in [-0.15, -0.1) is 0 Å². The molecule has 1 amide bonds. The van der Waals surface area contributed by atoms with Crippen LogP contribution in [0.1, 0.15) is 17.4 Å². The zero-order valence-electron chi connectivity index (χ0n) is 14.2. The van der Waals surface area contributed by atoms with E-state index < -0.39 is 0 Å². The molecule has 0 spiro atoms. The number of ether oxygens (including phenoxy) is 1. The van der Waals surface area contributed by atoms with Gasteiger partial charge in [-0.2, -0.15) is 5.10 Å². The summed E-state index contributed by atoms with van der Waals surface area (Å²) in [5.41, 5.74) is 0. The number of hydrogen-bond donors (Lipinski definition) is 1. The van der Waals surface area contributed by atoms with Gasteiger partial charge in [-0.3, -0.25) is 9.69 Å². The molecule has 130 valence electrons. The fourth-order valence-electron chi connectivity index (χ4n) is 2.77. The molecular weight excluding hydrogens is 312 g/mol. The van der Waals surface area contributed by atoms with Crippen molar-refractivity contribution >= 4 is 11.7 Å². The highest BCUT2D eigenvalue weighted by Crippen LogP contribution is 2.10. The van der Waals surface area contributed by atoms with E-state index in [0.29, 0.717) is 37.8 Å². The van der Waals surface area contributed by atoms with Crippen molar-refractivity contribution in [2.24, 2.45) is 0 Å². The van der Waals surface area contributed by atoms with Gasteiger partial charge in [0.15, 0.2) is 5.82 Å². The Kier molecular flexibility index (Phi) is 4.91. The van der Waals surface area contributed by atoms with Gasteiger partial charge < -0.3 is 14.6 Å². The number of rotatable bonds is 5. The molecular formula is C15H22N6O3. The smallest absolute Gasteiger partial charge is 0.239 e. The normalized spacial score (nSPS) is 18.7. The molecule has 0 saturated carbocycles. The fourth-order valence-corrected chi connectivity index (χ4v) is 2.77. The maximum absolute atomic E-state index is 12.1. The minimum absolute atomic E-state index is 0.0133. The van der Waals surface area contributed by atoms with Crippen LogP contribution in [0.5, 0.6) is 0 Å². The number of morpholine rings is 1. The number of carbonyl (C=O) groups excluding carboxylic acids is 1. The van der Waals surface area contributed by atoms with Crippen LogP contribution in [-0.2, 0) is 16.1 Å². The first kappa shape index (κ1) is 16.6. The SMILES string of the molecule is Cc1nc(C)n(C[C@@H]2CN(CC(=O)Nc3cc(C)on3)CCO2)n1. The largest absolute Gasteiger partial charge is 0.374 e. The Labute approximate surface area is 140 Å². The van der Waals surface area contributed by atoms with Crippen molar-refractivity contribution in [1.82, 2.24) is 24.8 Å². The Balaban J connectivity index is 1.51. The first-order valence-electron chi connectivity index (χ1n) is 7.95. The molecule has 1 aliphatic rings. The van der Waals surface area contributed by atoms with Crippen LogP contribution in [0.3, 0.4) is 0 Å². The molecule has 2 aromatic heterocycles. The fraction of sp³-hybridized carbons (Fsp3) is 0.600. The van der Waals surface area contributed by atoms with Gasteiger partial charge in [0.05, 0.1) is 25.8 Å². The van der Waals surface area contributed by atoms with Gasteiger partial charge in [-0.1, -0.05) is 5.16 Å². The van der Waals surface area contributed by atoms with E-state index in [1.54, 1.807) is 13.0 Å². The van der Waals surface area contributed by atoms with E-state index in [0.717, 1.165) is 18.2 Å². The number of carbonyl (C=O) groups is 1. The number of aryl methyl sites for hydroxylation is 3. The Bertz CT molecular complexity index is 710. The summed E-state index contributed by atoms with van der Waals surface area (Å²) in [7, 11) is 0. The Morgan fingerprint density at radius 3 is 2.92 bits per heavy atom. The lowest BCUT2D eigenvalue weighted by atomic mass is 10.2. The topological polar surface area (TPSA) is 98.3 Å². The third-order valence-electron chi connectivity index (χ3n) is 3.82. The Morgan fingerprint density at radius 1 is 1.42 bits per heavy atom. The third kappa shape index (κ3) is 4.18. The molecule has 3 heterocycles. The van der Waals surface area contributed by atoms with Crippen LogP contribution in [0.4, 0.5) is 5.82 Å². The van der Waals surface area contributed by atoms with Gasteiger partial charge in [0.2, 0.25) is 5.91 Å². The molecule has 24 heavy (non-hydrogen) atoms. The van der Waals surface area contributed by atoms with E-state index in [-0.39, 0.29) is 12.0 Å². The second-order valence-corrected chi connectivity index (χ2v) is 5.99. The van der Waals surface area contributed by atoms with E-state index in [2.05, 4.69) is 25.5 Å². The summed E-state index contributed by atoms with van der Waals surface area (Å²) in [6, 6.07) is 1.69. The second kappa shape index (κ2) is 7.10. The molecule has 1 atom stereocenters. The quantitative estimate of drug-likeness (QED) is 0.851. The van der Waals surface area contributed by atoms with Crippen molar-refractivity contribution in [3.63, 3.8) is 0 Å². The third-order valence-corrected chi connectivity index (χ3v) is 3.82. The average Bonchev–Trinajstić information content (AvgIpc) is 3.05. The molecule has 3 rings (SSSR count). The molecule has 9 heteroatoms. The van der Waals surface area contributed by atoms with Crippen molar-refractivity contribution in [1.29, 1.82) is 0 Å². The van der Waals surface area contributed by atoms with Gasteiger partial charge in [-0.25, -0.2) is 9.67 Å². The van der Waals surface area contributed by atoms with E-state index in [4.69, 9.17) is 9.26 Å². The Morgan fingerprint density at radius 2 is 2.25 bits per heavy atom. The summed E-state index contributed by atoms with van der Waals surface area (Å²) >= 11 is 0. The van der Waals surface area contributed by atoms with E-state index in [9.17, 15) is 4.79 Å². The van der Waals surface area contributed by atoms with Crippen LogP contribution >= 0.6 is 0 Å². The van der Waals surface area contributed by atoms with Gasteiger partial charge in [-0.05, 0) is 20.8 Å². The van der Waals surface area contributed by atoms with Crippen LogP contribution in [0, 0.1) is 20.8 Å². The Hall–Kier alpha value is -2.26. The zero-order valence-corrected chi connectivity index (χ0v) is 14.2. The van der Waals surface area contributed by atoms with Crippen molar-refractivity contribution in [3.8, 4) is 0 Å². The van der Waals surface area contributed by atoms with E-state index in [1.165, 1.54) is 0 Å². The lowest BCUT2D eigenvalue weighted by molar-refractivity contribution is -0.119. The van der Waals surface area contributed by atoms with Crippen molar-refractivity contribution < 1.29 is 14.1 Å². The number of nitrogens with zero attached hydrogens (tertiary/aromatic N) is 5. The first-order chi connectivity index (χ1) is 11.5. The van der Waals surface area contributed by atoms with Gasteiger partial charge in [0, 0.05) is 19.2 Å². The maximum atomic E-state index is 12.1. The minimum Gasteiger partial charge on any atom is -0.374 e. The van der Waals surface area contributed by atoms with Crippen LogP contribution in [-0.4, -0.2) is 63.1 Å². The molecule has 0 unspecified atom stereocenters. The standard InChI is InChI=1S/C15H22N6O3/c1-10-6-14(19-24-10)17-15(22)9-20-4-5-23-13(7-20)8-21-12(3)16-11(2)18-21/h6,13H,4-5,7-9H2,1-3H3,(H,17,19,22)/t13-/m0/s1. The van der Waals surface area contributed by atoms with Crippen LogP contribution < -0.4 is 5.32 Å². The molecule has 1 fully saturated rings. The summed E-state index contributed by atoms with van der Waals surface area (Å²) in [4.78, 5) is 18.5. The van der Waals surface area contributed by atoms with E-state index >= 15 is 0 Å². The van der Waals surface area contributed by atoms with Gasteiger partial charge in [0.1, 0.15) is 17.4 Å². The molecule has 2 aromatic rings. The molecule has 0 radical (unpaired) electrons. The zero-order chi connectivity index (χ0) is 17.1. The number of hydrogen-bond acceptors (Lipinski definition) is 7. The molecule has 1 saturated heterocycles. The van der Waals surface area contributed by atoms with Crippen molar-refractivity contribution in [2.45, 2.75) is 33.4 Å². The molecule has 1 N–H and O–H groups in total. The molecule has 9 nitrogen and oxygen atoms in total. The first-order valence-corrected chi connectivity index (χ1v) is 7.95. The lowest BCUT2D eigenvalue weighted by Crippen LogP contribution is -2.47. The van der Waals surface area contributed by atoms with E-state index in [1.807, 2.05) is 18.5 Å². The maximum Gasteiger partial charge on any atom is 0.239 e. The summed E-state index contributed by atoms with van der Waals surface area (Å²) < 4.78 is 12.6. The highest BCUT2D eigenvalue weighted by atomic mass is 16.5. The van der Waals surface area contributed by atoms with Gasteiger partial charge in [0.25, 0.3) is 0 Å². The van der Waals surface area contributed by atoms with Crippen molar-refractivity contribution in [2.75, 3.05) is 31.6 Å². The lowest BCUT2D eigenvalue weighted by Gasteiger charge is -2.32. The van der Waals surface area contributed by atoms with Crippen LogP contribution in [0.15, 0.2) is 10.6 Å². The number of amides is 1. The number of nitrogens with one attached hydrogen (secondary N) is 1. The van der Waals surface area contributed by atoms with Crippen LogP contribution in [0.2, 0.25) is 0 Å². The highest BCUT2D eigenvalue weighted by molar-refractivity contribution is 5.91. The molecule has 0 aliphatic carbocycles. The van der Waals surface area contributed by atoms with Crippen molar-refractivity contribution in [3.05, 3.63) is 23.5 Å². The van der Waals surface area contributed by atoms with Gasteiger partial charge >= 0.3 is 0 Å². The number of anilines is 1. The monoisotopic (exact) mass is 334 g/mol. The highest BCUT2D eigenvalue weighted by Gasteiger charge is 2.23. The predicted octanol–water partition coefficient (Wildman–Crippen LogP) is 0.531.